The van der Waals surface area contributed by atoms with E-state index in [9.17, 15) is 15.0 Å². The van der Waals surface area contributed by atoms with Crippen molar-refractivity contribution >= 4 is 6.29 Å². The summed E-state index contributed by atoms with van der Waals surface area (Å²) in [7, 11) is 0. The van der Waals surface area contributed by atoms with E-state index in [1.807, 2.05) is 0 Å². The lowest BCUT2D eigenvalue weighted by Gasteiger charge is -2.38. The Labute approximate surface area is 74.9 Å². The molecule has 0 aromatic heterocycles. The number of ether oxygens (including phenoxy) is 1. The van der Waals surface area contributed by atoms with Gasteiger partial charge in [-0.2, -0.15) is 0 Å². The smallest absolute Gasteiger partial charge is 0.150 e. The van der Waals surface area contributed by atoms with Gasteiger partial charge in [-0.3, -0.25) is 0 Å². The van der Waals surface area contributed by atoms with Crippen LogP contribution in [0.2, 0.25) is 0 Å². The third-order valence-electron chi connectivity index (χ3n) is 2.15. The lowest BCUT2D eigenvalue weighted by Crippen LogP contribution is -2.62. The van der Waals surface area contributed by atoms with Gasteiger partial charge in [-0.05, 0) is 0 Å². The Morgan fingerprint density at radius 3 is 2.46 bits per heavy atom. The van der Waals surface area contributed by atoms with E-state index in [1.54, 1.807) is 0 Å². The standard InChI is InChI=1S/C7H13NO5/c8-5-3(1-9)13-4(2-10)6(11)7(5)12/h1,3-7,10-12H,2,8H2. The summed E-state index contributed by atoms with van der Waals surface area (Å²) in [6.07, 6.45) is -3.99. The third kappa shape index (κ3) is 1.87. The highest BCUT2D eigenvalue weighted by molar-refractivity contribution is 5.58. The first-order valence-electron chi connectivity index (χ1n) is 3.95. The highest BCUT2D eigenvalue weighted by atomic mass is 16.5. The molecule has 6 nitrogen and oxygen atoms in total. The molecule has 6 heteroatoms. The van der Waals surface area contributed by atoms with E-state index >= 15 is 0 Å². The molecule has 1 aliphatic heterocycles. The molecule has 5 unspecified atom stereocenters. The summed E-state index contributed by atoms with van der Waals surface area (Å²) in [6.45, 7) is -0.463. The molecule has 0 aliphatic carbocycles. The molecular weight excluding hydrogens is 178 g/mol. The number of aldehydes is 1. The van der Waals surface area contributed by atoms with Crippen LogP contribution in [-0.2, 0) is 9.53 Å². The molecule has 1 rings (SSSR count). The van der Waals surface area contributed by atoms with Gasteiger partial charge in [0.25, 0.3) is 0 Å². The highest BCUT2D eigenvalue weighted by Gasteiger charge is 2.42. The SMILES string of the molecule is NC1C(C=O)OC(CO)C(O)C1O. The number of carbonyl (C=O) groups excluding carboxylic acids is 1. The monoisotopic (exact) mass is 191 g/mol. The van der Waals surface area contributed by atoms with Crippen LogP contribution in [-0.4, -0.2) is 58.7 Å². The lowest BCUT2D eigenvalue weighted by molar-refractivity contribution is -0.186. The van der Waals surface area contributed by atoms with Gasteiger partial charge in [-0.1, -0.05) is 0 Å². The fourth-order valence-corrected chi connectivity index (χ4v) is 1.29. The second kappa shape index (κ2) is 4.12. The zero-order chi connectivity index (χ0) is 10.0. The first-order chi connectivity index (χ1) is 6.11. The topological polar surface area (TPSA) is 113 Å². The Morgan fingerprint density at radius 1 is 1.38 bits per heavy atom. The van der Waals surface area contributed by atoms with Crippen molar-refractivity contribution in [3.63, 3.8) is 0 Å². The maximum atomic E-state index is 10.4. The molecule has 5 atom stereocenters. The summed E-state index contributed by atoms with van der Waals surface area (Å²) in [4.78, 5) is 10.4. The summed E-state index contributed by atoms with van der Waals surface area (Å²) < 4.78 is 4.93. The number of rotatable bonds is 2. The van der Waals surface area contributed by atoms with Crippen molar-refractivity contribution in [2.24, 2.45) is 5.73 Å². The Balaban J connectivity index is 2.71. The molecule has 0 aromatic carbocycles. The molecule has 1 heterocycles. The van der Waals surface area contributed by atoms with E-state index in [4.69, 9.17) is 15.6 Å². The summed E-state index contributed by atoms with van der Waals surface area (Å²) in [5.74, 6) is 0. The maximum Gasteiger partial charge on any atom is 0.150 e. The quantitative estimate of drug-likeness (QED) is 0.346. The molecule has 0 saturated carbocycles. The van der Waals surface area contributed by atoms with Gasteiger partial charge in [0.1, 0.15) is 30.7 Å². The van der Waals surface area contributed by atoms with Crippen LogP contribution < -0.4 is 5.73 Å². The van der Waals surface area contributed by atoms with Crippen LogP contribution >= 0.6 is 0 Å². The van der Waals surface area contributed by atoms with Gasteiger partial charge in [0.15, 0.2) is 0 Å². The minimum atomic E-state index is -1.25. The zero-order valence-electron chi connectivity index (χ0n) is 6.91. The van der Waals surface area contributed by atoms with Crippen LogP contribution in [0, 0.1) is 0 Å². The number of hydrogen-bond acceptors (Lipinski definition) is 6. The minimum absolute atomic E-state index is 0.447. The summed E-state index contributed by atoms with van der Waals surface area (Å²) in [6, 6.07) is -0.949. The fraction of sp³-hybridized carbons (Fsp3) is 0.857. The second-order valence-electron chi connectivity index (χ2n) is 3.02. The molecule has 0 bridgehead atoms. The van der Waals surface area contributed by atoms with Crippen molar-refractivity contribution in [3.8, 4) is 0 Å². The van der Waals surface area contributed by atoms with Gasteiger partial charge >= 0.3 is 0 Å². The van der Waals surface area contributed by atoms with E-state index in [2.05, 4.69) is 0 Å². The van der Waals surface area contributed by atoms with Crippen LogP contribution in [0.25, 0.3) is 0 Å². The molecule has 1 saturated heterocycles. The molecule has 0 amide bonds. The van der Waals surface area contributed by atoms with Gasteiger partial charge in [-0.25, -0.2) is 0 Å². The van der Waals surface area contributed by atoms with Crippen molar-refractivity contribution in [3.05, 3.63) is 0 Å². The number of carbonyl (C=O) groups is 1. The van der Waals surface area contributed by atoms with Gasteiger partial charge < -0.3 is 30.6 Å². The first-order valence-corrected chi connectivity index (χ1v) is 3.95. The molecule has 1 fully saturated rings. The molecular formula is C7H13NO5. The summed E-state index contributed by atoms with van der Waals surface area (Å²) >= 11 is 0. The van der Waals surface area contributed by atoms with Gasteiger partial charge in [0.2, 0.25) is 0 Å². The van der Waals surface area contributed by atoms with Crippen molar-refractivity contribution in [2.45, 2.75) is 30.5 Å². The van der Waals surface area contributed by atoms with Crippen molar-refractivity contribution in [1.82, 2.24) is 0 Å². The van der Waals surface area contributed by atoms with Crippen LogP contribution in [0.15, 0.2) is 0 Å². The van der Waals surface area contributed by atoms with E-state index in [0.717, 1.165) is 0 Å². The van der Waals surface area contributed by atoms with Crippen LogP contribution in [0.1, 0.15) is 0 Å². The van der Waals surface area contributed by atoms with Crippen LogP contribution in [0.3, 0.4) is 0 Å². The van der Waals surface area contributed by atoms with E-state index < -0.39 is 37.1 Å². The second-order valence-corrected chi connectivity index (χ2v) is 3.02. The molecule has 5 N–H and O–H groups in total. The number of aliphatic hydroxyl groups excluding tert-OH is 3. The van der Waals surface area contributed by atoms with Crippen LogP contribution in [0.5, 0.6) is 0 Å². The number of aliphatic hydroxyl groups is 3. The minimum Gasteiger partial charge on any atom is -0.394 e. The normalized spacial score (nSPS) is 46.0. The number of nitrogens with two attached hydrogens (primary N) is 1. The molecule has 1 aliphatic rings. The number of hydrogen-bond donors (Lipinski definition) is 4. The van der Waals surface area contributed by atoms with Crippen molar-refractivity contribution in [1.29, 1.82) is 0 Å². The molecule has 0 aromatic rings. The summed E-state index contributed by atoms with van der Waals surface area (Å²) in [5.41, 5.74) is 5.39. The Morgan fingerprint density at radius 2 is 2.00 bits per heavy atom. The third-order valence-corrected chi connectivity index (χ3v) is 2.15. The Hall–Kier alpha value is -0.530. The van der Waals surface area contributed by atoms with Crippen molar-refractivity contribution < 1.29 is 24.9 Å². The molecule has 13 heavy (non-hydrogen) atoms. The zero-order valence-corrected chi connectivity index (χ0v) is 6.91. The van der Waals surface area contributed by atoms with Crippen LogP contribution in [0.4, 0.5) is 0 Å². The average molecular weight is 191 g/mol. The van der Waals surface area contributed by atoms with E-state index in [-0.39, 0.29) is 0 Å². The predicted molar refractivity (Wildman–Crippen MR) is 41.8 cm³/mol. The van der Waals surface area contributed by atoms with E-state index in [0.29, 0.717) is 6.29 Å². The largest absolute Gasteiger partial charge is 0.394 e. The van der Waals surface area contributed by atoms with E-state index in [1.165, 1.54) is 0 Å². The fourth-order valence-electron chi connectivity index (χ4n) is 1.29. The van der Waals surface area contributed by atoms with Crippen molar-refractivity contribution in [2.75, 3.05) is 6.61 Å². The predicted octanol–water partition coefficient (Wildman–Crippen LogP) is -3.01. The van der Waals surface area contributed by atoms with Gasteiger partial charge in [0.05, 0.1) is 12.6 Å². The lowest BCUT2D eigenvalue weighted by atomic mass is 9.94. The molecule has 0 radical (unpaired) electrons. The van der Waals surface area contributed by atoms with Gasteiger partial charge in [-0.15, -0.1) is 0 Å². The molecule has 76 valence electrons. The summed E-state index contributed by atoms with van der Waals surface area (Å²) in [5, 5.41) is 27.3. The Kier molecular flexibility index (Phi) is 3.34. The first kappa shape index (κ1) is 10.6. The van der Waals surface area contributed by atoms with Gasteiger partial charge in [0, 0.05) is 0 Å². The Bertz CT molecular complexity index is 186. The average Bonchev–Trinajstić information content (AvgIpc) is 2.15. The molecule has 0 spiro atoms. The highest BCUT2D eigenvalue weighted by Crippen LogP contribution is 2.18. The maximum absolute atomic E-state index is 10.4.